The van der Waals surface area contributed by atoms with Crippen LogP contribution in [-0.4, -0.2) is 69.5 Å². The lowest BCUT2D eigenvalue weighted by atomic mass is 10.0. The fraction of sp³-hybridized carbons (Fsp3) is 0.650. The summed E-state index contributed by atoms with van der Waals surface area (Å²) in [6, 6.07) is 8.32. The van der Waals surface area contributed by atoms with E-state index in [-0.39, 0.29) is 6.04 Å². The second kappa shape index (κ2) is 10.9. The molecule has 0 bridgehead atoms. The Kier molecular flexibility index (Phi) is 8.20. The molecular weight excluding hydrogens is 364 g/mol. The summed E-state index contributed by atoms with van der Waals surface area (Å²) in [5, 5.41) is 7.53. The zero-order valence-corrected chi connectivity index (χ0v) is 16.9. The van der Waals surface area contributed by atoms with Crippen molar-refractivity contribution in [3.05, 3.63) is 34.9 Å². The van der Waals surface area contributed by atoms with Crippen LogP contribution >= 0.6 is 11.6 Å². The molecule has 0 amide bonds. The Bertz CT molecular complexity index is 584. The van der Waals surface area contributed by atoms with Gasteiger partial charge in [0.05, 0.1) is 31.9 Å². The molecule has 3 rings (SSSR count). The minimum absolute atomic E-state index is 0.212. The number of halogens is 1. The molecule has 2 fully saturated rings. The number of ether oxygens (including phenoxy) is 2. The molecule has 2 unspecified atom stereocenters. The number of rotatable bonds is 7. The van der Waals surface area contributed by atoms with E-state index in [0.717, 1.165) is 69.8 Å². The van der Waals surface area contributed by atoms with Gasteiger partial charge in [0.25, 0.3) is 0 Å². The van der Waals surface area contributed by atoms with E-state index in [1.54, 1.807) is 0 Å². The third-order valence-electron chi connectivity index (χ3n) is 5.03. The molecule has 6 nitrogen and oxygen atoms in total. The molecule has 2 heterocycles. The second-order valence-electron chi connectivity index (χ2n) is 6.95. The number of morpholine rings is 1. The quantitative estimate of drug-likeness (QED) is 0.549. The molecule has 0 saturated carbocycles. The van der Waals surface area contributed by atoms with Gasteiger partial charge in [0, 0.05) is 37.8 Å². The van der Waals surface area contributed by atoms with Crippen LogP contribution in [-0.2, 0) is 9.47 Å². The number of nitrogens with zero attached hydrogens (tertiary/aromatic N) is 2. The molecule has 0 spiro atoms. The molecule has 2 aliphatic rings. The highest BCUT2D eigenvalue weighted by molar-refractivity contribution is 6.30. The monoisotopic (exact) mass is 394 g/mol. The lowest BCUT2D eigenvalue weighted by molar-refractivity contribution is 0.0179. The summed E-state index contributed by atoms with van der Waals surface area (Å²) >= 11 is 6.08. The van der Waals surface area contributed by atoms with Crippen molar-refractivity contribution in [2.75, 3.05) is 52.5 Å². The zero-order chi connectivity index (χ0) is 18.9. The summed E-state index contributed by atoms with van der Waals surface area (Å²) in [4.78, 5) is 7.32. The highest BCUT2D eigenvalue weighted by Crippen LogP contribution is 2.24. The van der Waals surface area contributed by atoms with E-state index in [2.05, 4.69) is 34.6 Å². The van der Waals surface area contributed by atoms with E-state index in [0.29, 0.717) is 12.6 Å². The van der Waals surface area contributed by atoms with Crippen LogP contribution in [0.4, 0.5) is 0 Å². The average Bonchev–Trinajstić information content (AvgIpc) is 3.22. The average molecular weight is 395 g/mol. The third kappa shape index (κ3) is 6.35. The predicted molar refractivity (Wildman–Crippen MR) is 110 cm³/mol. The van der Waals surface area contributed by atoms with E-state index >= 15 is 0 Å². The number of benzene rings is 1. The topological polar surface area (TPSA) is 58.1 Å². The summed E-state index contributed by atoms with van der Waals surface area (Å²) in [6.07, 6.45) is 2.56. The lowest BCUT2D eigenvalue weighted by Crippen LogP contribution is -2.43. The van der Waals surface area contributed by atoms with Gasteiger partial charge in [-0.3, -0.25) is 9.89 Å². The molecule has 0 radical (unpaired) electrons. The Labute approximate surface area is 167 Å². The Hall–Kier alpha value is -1.34. The largest absolute Gasteiger partial charge is 0.379 e. The minimum atomic E-state index is 0.212. The number of hydrogen-bond acceptors (Lipinski definition) is 4. The highest BCUT2D eigenvalue weighted by atomic mass is 35.5. The molecule has 2 aliphatic heterocycles. The molecule has 2 atom stereocenters. The third-order valence-corrected chi connectivity index (χ3v) is 5.28. The second-order valence-corrected chi connectivity index (χ2v) is 7.39. The summed E-state index contributed by atoms with van der Waals surface area (Å²) < 4.78 is 11.2. The van der Waals surface area contributed by atoms with Crippen LogP contribution in [0.5, 0.6) is 0 Å². The van der Waals surface area contributed by atoms with E-state index < -0.39 is 0 Å². The first-order valence-corrected chi connectivity index (χ1v) is 10.3. The van der Waals surface area contributed by atoms with Crippen LogP contribution in [0.2, 0.25) is 5.02 Å². The molecule has 150 valence electrons. The molecule has 2 N–H and O–H groups in total. The zero-order valence-electron chi connectivity index (χ0n) is 16.1. The molecule has 2 saturated heterocycles. The first-order chi connectivity index (χ1) is 13.3. The molecule has 7 heteroatoms. The number of nitrogens with one attached hydrogen (secondary N) is 2. The van der Waals surface area contributed by atoms with Gasteiger partial charge in [0.15, 0.2) is 5.96 Å². The summed E-state index contributed by atoms with van der Waals surface area (Å²) in [6.45, 7) is 8.65. The maximum Gasteiger partial charge on any atom is 0.191 e. The van der Waals surface area contributed by atoms with E-state index in [9.17, 15) is 0 Å². The van der Waals surface area contributed by atoms with Crippen molar-refractivity contribution in [2.24, 2.45) is 4.99 Å². The van der Waals surface area contributed by atoms with E-state index in [1.165, 1.54) is 5.56 Å². The standard InChI is InChI=1S/C20H31ClN4O2/c1-2-22-20(23-14-18-4-3-11-27-18)24-15-19(25-9-12-26-13-10-25)16-5-7-17(21)8-6-16/h5-8,18-19H,2-4,9-15H2,1H3,(H2,22,23,24). The predicted octanol–water partition coefficient (Wildman–Crippen LogP) is 2.45. The smallest absolute Gasteiger partial charge is 0.191 e. The highest BCUT2D eigenvalue weighted by Gasteiger charge is 2.23. The number of hydrogen-bond donors (Lipinski definition) is 2. The Morgan fingerprint density at radius 1 is 1.22 bits per heavy atom. The van der Waals surface area contributed by atoms with Gasteiger partial charge >= 0.3 is 0 Å². The Morgan fingerprint density at radius 2 is 2.00 bits per heavy atom. The van der Waals surface area contributed by atoms with Gasteiger partial charge in [-0.1, -0.05) is 23.7 Å². The Morgan fingerprint density at radius 3 is 2.67 bits per heavy atom. The van der Waals surface area contributed by atoms with Crippen molar-refractivity contribution < 1.29 is 9.47 Å². The van der Waals surface area contributed by atoms with Gasteiger partial charge in [-0.25, -0.2) is 0 Å². The van der Waals surface area contributed by atoms with Gasteiger partial charge in [0.1, 0.15) is 0 Å². The van der Waals surface area contributed by atoms with Gasteiger partial charge in [-0.2, -0.15) is 0 Å². The summed E-state index contributed by atoms with van der Waals surface area (Å²) in [7, 11) is 0. The van der Waals surface area contributed by atoms with Crippen LogP contribution in [0.15, 0.2) is 29.3 Å². The van der Waals surface area contributed by atoms with E-state index in [1.807, 2.05) is 12.1 Å². The van der Waals surface area contributed by atoms with Crippen molar-refractivity contribution in [1.82, 2.24) is 15.5 Å². The van der Waals surface area contributed by atoms with Crippen LogP contribution in [0, 0.1) is 0 Å². The normalized spacial score (nSPS) is 22.6. The van der Waals surface area contributed by atoms with Gasteiger partial charge in [-0.15, -0.1) is 0 Å². The molecular formula is C20H31ClN4O2. The Balaban J connectivity index is 1.67. The van der Waals surface area contributed by atoms with Gasteiger partial charge in [-0.05, 0) is 37.5 Å². The SMILES string of the molecule is CCNC(=NCC(c1ccc(Cl)cc1)N1CCOCC1)NCC1CCCO1. The van der Waals surface area contributed by atoms with E-state index in [4.69, 9.17) is 26.1 Å². The van der Waals surface area contributed by atoms with Gasteiger partial charge < -0.3 is 20.1 Å². The maximum atomic E-state index is 6.08. The minimum Gasteiger partial charge on any atom is -0.379 e. The fourth-order valence-corrected chi connectivity index (χ4v) is 3.67. The number of aliphatic imine (C=N–C) groups is 1. The lowest BCUT2D eigenvalue weighted by Gasteiger charge is -2.34. The first kappa shape index (κ1) is 20.4. The van der Waals surface area contributed by atoms with Crippen molar-refractivity contribution in [2.45, 2.75) is 31.9 Å². The molecule has 27 heavy (non-hydrogen) atoms. The van der Waals surface area contributed by atoms with Crippen molar-refractivity contribution >= 4 is 17.6 Å². The van der Waals surface area contributed by atoms with Crippen LogP contribution in [0.3, 0.4) is 0 Å². The molecule has 1 aromatic rings. The fourth-order valence-electron chi connectivity index (χ4n) is 3.54. The maximum absolute atomic E-state index is 6.08. The van der Waals surface area contributed by atoms with Crippen LogP contribution in [0.1, 0.15) is 31.4 Å². The summed E-state index contributed by atoms with van der Waals surface area (Å²) in [5.41, 5.74) is 1.24. The number of guanidine groups is 1. The first-order valence-electron chi connectivity index (χ1n) is 9.97. The van der Waals surface area contributed by atoms with Crippen molar-refractivity contribution in [3.8, 4) is 0 Å². The van der Waals surface area contributed by atoms with Crippen LogP contribution < -0.4 is 10.6 Å². The molecule has 0 aromatic heterocycles. The molecule has 1 aromatic carbocycles. The van der Waals surface area contributed by atoms with Crippen molar-refractivity contribution in [1.29, 1.82) is 0 Å². The van der Waals surface area contributed by atoms with Gasteiger partial charge in [0.2, 0.25) is 0 Å². The molecule has 0 aliphatic carbocycles. The summed E-state index contributed by atoms with van der Waals surface area (Å²) in [5.74, 6) is 0.847. The van der Waals surface area contributed by atoms with Crippen LogP contribution in [0.25, 0.3) is 0 Å². The van der Waals surface area contributed by atoms with Crippen molar-refractivity contribution in [3.63, 3.8) is 0 Å².